The van der Waals surface area contributed by atoms with Gasteiger partial charge in [0, 0.05) is 19.0 Å². The Bertz CT molecular complexity index is 370. The molecule has 0 bridgehead atoms. The van der Waals surface area contributed by atoms with E-state index in [1.807, 2.05) is 0 Å². The Labute approximate surface area is 163 Å². The number of amides is 1. The zero-order valence-corrected chi connectivity index (χ0v) is 17.6. The van der Waals surface area contributed by atoms with Crippen LogP contribution in [0, 0.1) is 0 Å². The van der Waals surface area contributed by atoms with Crippen molar-refractivity contribution >= 4 is 5.91 Å². The monoisotopic (exact) mass is 394 g/mol. The smallest absolute Gasteiger partial charge is 0.219 e. The van der Waals surface area contributed by atoms with E-state index in [-0.39, 0.29) is 19.1 Å². The molecule has 2 N–H and O–H groups in total. The fourth-order valence-electron chi connectivity index (χ4n) is 1.99. The van der Waals surface area contributed by atoms with Crippen molar-refractivity contribution in [3.63, 3.8) is 0 Å². The molecule has 0 fully saturated rings. The number of halogens is 1. The molecule has 0 aromatic heterocycles. The lowest BCUT2D eigenvalue weighted by Gasteiger charge is -2.29. The fraction of sp³-hybridized carbons (Fsp3) is 0.947. The van der Waals surface area contributed by atoms with Gasteiger partial charge >= 0.3 is 0 Å². The number of nitrogens with one attached hydrogen (secondary N) is 2. The van der Waals surface area contributed by atoms with Crippen molar-refractivity contribution in [1.29, 1.82) is 0 Å². The molecule has 0 rings (SSSR count). The van der Waals surface area contributed by atoms with Gasteiger partial charge in [-0.15, -0.1) is 0 Å². The van der Waals surface area contributed by atoms with E-state index in [4.69, 9.17) is 18.9 Å². The maximum absolute atomic E-state index is 14.1. The molecule has 0 aromatic carbocycles. The van der Waals surface area contributed by atoms with E-state index in [9.17, 15) is 9.18 Å². The normalized spacial score (nSPS) is 13.1. The third-order valence-electron chi connectivity index (χ3n) is 3.80. The number of hydrogen-bond donors (Lipinski definition) is 2. The Morgan fingerprint density at radius 1 is 0.963 bits per heavy atom. The highest BCUT2D eigenvalue weighted by Crippen LogP contribution is 2.17. The molecule has 0 aromatic rings. The minimum absolute atomic E-state index is 0.0516. The molecule has 0 aliphatic rings. The predicted molar refractivity (Wildman–Crippen MR) is 104 cm³/mol. The summed E-state index contributed by atoms with van der Waals surface area (Å²) in [6.07, 6.45) is -0.946. The SMILES string of the molecule is CCC(=O)NCC(F)C(C)(C)OCCOCCOCCOCCNC(C)C. The molecule has 7 nitrogen and oxygen atoms in total. The Balaban J connectivity index is 3.48. The van der Waals surface area contributed by atoms with Gasteiger partial charge in [-0.3, -0.25) is 4.79 Å². The van der Waals surface area contributed by atoms with Crippen LogP contribution in [0.15, 0.2) is 0 Å². The first-order chi connectivity index (χ1) is 12.8. The average Bonchev–Trinajstić information content (AvgIpc) is 2.62. The van der Waals surface area contributed by atoms with Gasteiger partial charge in [0.15, 0.2) is 0 Å². The summed E-state index contributed by atoms with van der Waals surface area (Å²) in [4.78, 5) is 11.2. The van der Waals surface area contributed by atoms with Gasteiger partial charge < -0.3 is 29.6 Å². The van der Waals surface area contributed by atoms with Crippen molar-refractivity contribution in [3.8, 4) is 0 Å². The van der Waals surface area contributed by atoms with Crippen LogP contribution in [-0.4, -0.2) is 83.1 Å². The number of alkyl halides is 1. The maximum Gasteiger partial charge on any atom is 0.219 e. The zero-order chi connectivity index (χ0) is 20.5. The zero-order valence-electron chi connectivity index (χ0n) is 17.6. The Morgan fingerprint density at radius 2 is 1.48 bits per heavy atom. The molecule has 0 heterocycles. The van der Waals surface area contributed by atoms with Crippen molar-refractivity contribution in [3.05, 3.63) is 0 Å². The Hall–Kier alpha value is -0.800. The fourth-order valence-corrected chi connectivity index (χ4v) is 1.99. The van der Waals surface area contributed by atoms with Crippen molar-refractivity contribution < 1.29 is 28.1 Å². The summed E-state index contributed by atoms with van der Waals surface area (Å²) in [5.41, 5.74) is -0.983. The second kappa shape index (κ2) is 16.2. The van der Waals surface area contributed by atoms with Crippen molar-refractivity contribution in [2.45, 2.75) is 58.9 Å². The summed E-state index contributed by atoms with van der Waals surface area (Å²) in [6.45, 7) is 13.3. The van der Waals surface area contributed by atoms with Gasteiger partial charge in [-0.1, -0.05) is 20.8 Å². The topological polar surface area (TPSA) is 78.1 Å². The molecule has 0 spiro atoms. The number of carbonyl (C=O) groups excluding carboxylic acids is 1. The van der Waals surface area contributed by atoms with Crippen LogP contribution in [0.25, 0.3) is 0 Å². The highest BCUT2D eigenvalue weighted by molar-refractivity contribution is 5.75. The van der Waals surface area contributed by atoms with E-state index in [1.165, 1.54) is 0 Å². The molecule has 0 saturated carbocycles. The van der Waals surface area contributed by atoms with Crippen molar-refractivity contribution in [1.82, 2.24) is 10.6 Å². The molecule has 0 aliphatic carbocycles. The largest absolute Gasteiger partial charge is 0.378 e. The molecular formula is C19H39FN2O5. The van der Waals surface area contributed by atoms with E-state index in [0.717, 1.165) is 6.54 Å². The summed E-state index contributed by atoms with van der Waals surface area (Å²) in [5.74, 6) is -0.172. The van der Waals surface area contributed by atoms with E-state index in [2.05, 4.69) is 24.5 Å². The first-order valence-electron chi connectivity index (χ1n) is 9.81. The third-order valence-corrected chi connectivity index (χ3v) is 3.80. The minimum atomic E-state index is -1.29. The minimum Gasteiger partial charge on any atom is -0.378 e. The predicted octanol–water partition coefficient (Wildman–Crippen LogP) is 1.69. The standard InChI is InChI=1S/C19H39FN2O5/c1-6-18(23)22-15-17(20)19(4,5)27-14-13-26-12-11-25-10-9-24-8-7-21-16(2)3/h16-17,21H,6-15H2,1-5H3,(H,22,23). The van der Waals surface area contributed by atoms with Crippen LogP contribution in [0.1, 0.15) is 41.0 Å². The van der Waals surface area contributed by atoms with Gasteiger partial charge in [-0.25, -0.2) is 4.39 Å². The second-order valence-corrected chi connectivity index (χ2v) is 7.02. The second-order valence-electron chi connectivity index (χ2n) is 7.02. The van der Waals surface area contributed by atoms with Crippen LogP contribution in [-0.2, 0) is 23.7 Å². The first-order valence-corrected chi connectivity index (χ1v) is 9.81. The van der Waals surface area contributed by atoms with Crippen molar-refractivity contribution in [2.75, 3.05) is 59.3 Å². The number of hydrogen-bond acceptors (Lipinski definition) is 6. The molecule has 1 amide bonds. The van der Waals surface area contributed by atoms with Gasteiger partial charge in [0.05, 0.1) is 58.4 Å². The average molecular weight is 395 g/mol. The summed E-state index contributed by atoms with van der Waals surface area (Å²) >= 11 is 0. The van der Waals surface area contributed by atoms with Crippen LogP contribution in [0.5, 0.6) is 0 Å². The van der Waals surface area contributed by atoms with Gasteiger partial charge in [-0.05, 0) is 13.8 Å². The molecule has 1 unspecified atom stereocenters. The number of carbonyl (C=O) groups is 1. The first kappa shape index (κ1) is 26.2. The lowest BCUT2D eigenvalue weighted by molar-refractivity contribution is -0.122. The van der Waals surface area contributed by atoms with Crippen LogP contribution >= 0.6 is 0 Å². The molecule has 0 aliphatic heterocycles. The molecule has 0 saturated heterocycles. The maximum atomic E-state index is 14.1. The molecule has 0 radical (unpaired) electrons. The van der Waals surface area contributed by atoms with Crippen LogP contribution < -0.4 is 10.6 Å². The number of ether oxygens (including phenoxy) is 4. The van der Waals surface area contributed by atoms with Gasteiger partial charge in [0.25, 0.3) is 0 Å². The molecular weight excluding hydrogens is 355 g/mol. The Kier molecular flexibility index (Phi) is 15.7. The summed E-state index contributed by atoms with van der Waals surface area (Å²) in [5, 5.41) is 5.80. The van der Waals surface area contributed by atoms with Gasteiger partial charge in [-0.2, -0.15) is 0 Å². The van der Waals surface area contributed by atoms with Crippen molar-refractivity contribution in [2.24, 2.45) is 0 Å². The highest BCUT2D eigenvalue weighted by Gasteiger charge is 2.30. The van der Waals surface area contributed by atoms with Gasteiger partial charge in [0.2, 0.25) is 5.91 Å². The van der Waals surface area contributed by atoms with E-state index in [1.54, 1.807) is 20.8 Å². The van der Waals surface area contributed by atoms with E-state index < -0.39 is 11.8 Å². The summed E-state index contributed by atoms with van der Waals surface area (Å²) in [6, 6.07) is 0.467. The third kappa shape index (κ3) is 15.9. The van der Waals surface area contributed by atoms with E-state index >= 15 is 0 Å². The Morgan fingerprint density at radius 3 is 2.00 bits per heavy atom. The lowest BCUT2D eigenvalue weighted by Crippen LogP contribution is -2.44. The lowest BCUT2D eigenvalue weighted by atomic mass is 10.0. The van der Waals surface area contributed by atoms with Gasteiger partial charge in [0.1, 0.15) is 6.17 Å². The van der Waals surface area contributed by atoms with Crippen LogP contribution in [0.3, 0.4) is 0 Å². The molecule has 1 atom stereocenters. The summed E-state index contributed by atoms with van der Waals surface area (Å²) < 4.78 is 35.9. The molecule has 162 valence electrons. The summed E-state index contributed by atoms with van der Waals surface area (Å²) in [7, 11) is 0. The highest BCUT2D eigenvalue weighted by atomic mass is 19.1. The molecule has 8 heteroatoms. The van der Waals surface area contributed by atoms with Crippen LogP contribution in [0.2, 0.25) is 0 Å². The molecule has 27 heavy (non-hydrogen) atoms. The quantitative estimate of drug-likeness (QED) is 0.345. The number of rotatable bonds is 18. The van der Waals surface area contributed by atoms with E-state index in [0.29, 0.717) is 52.1 Å². The van der Waals surface area contributed by atoms with Crippen LogP contribution in [0.4, 0.5) is 4.39 Å².